The van der Waals surface area contributed by atoms with Gasteiger partial charge in [0.25, 0.3) is 0 Å². The van der Waals surface area contributed by atoms with Crippen molar-refractivity contribution in [3.63, 3.8) is 0 Å². The fourth-order valence-corrected chi connectivity index (χ4v) is 2.47. The highest BCUT2D eigenvalue weighted by Gasteiger charge is 2.21. The summed E-state index contributed by atoms with van der Waals surface area (Å²) in [6.45, 7) is 4.06. The first-order valence-corrected chi connectivity index (χ1v) is 6.39. The molecule has 0 fully saturated rings. The first-order chi connectivity index (χ1) is 8.49. The number of benzene rings is 1. The Hall–Kier alpha value is -1.88. The van der Waals surface area contributed by atoms with E-state index >= 15 is 0 Å². The first kappa shape index (κ1) is 12.6. The molecule has 0 spiro atoms. The molecule has 1 aromatic carbocycles. The van der Waals surface area contributed by atoms with Crippen LogP contribution in [0.25, 0.3) is 0 Å². The van der Waals surface area contributed by atoms with Crippen LogP contribution in [0.3, 0.4) is 0 Å². The normalized spacial score (nSPS) is 11.2. The van der Waals surface area contributed by atoms with Crippen LogP contribution in [0.1, 0.15) is 29.9 Å². The molecule has 0 atom stereocenters. The third-order valence-electron chi connectivity index (χ3n) is 2.64. The molecule has 94 valence electrons. The van der Waals surface area contributed by atoms with E-state index in [1.165, 1.54) is 16.7 Å². The van der Waals surface area contributed by atoms with Crippen LogP contribution >= 0.6 is 11.3 Å². The highest BCUT2D eigenvalue weighted by Crippen LogP contribution is 2.27. The van der Waals surface area contributed by atoms with E-state index in [1.807, 2.05) is 44.2 Å². The second-order valence-corrected chi connectivity index (χ2v) is 5.32. The molecule has 2 N–H and O–H groups in total. The summed E-state index contributed by atoms with van der Waals surface area (Å²) in [5, 5.41) is 14.2. The maximum atomic E-state index is 10.8. The number of thiazole rings is 1. The van der Waals surface area contributed by atoms with Gasteiger partial charge >= 0.3 is 5.97 Å². The fourth-order valence-electron chi connectivity index (χ4n) is 1.62. The van der Waals surface area contributed by atoms with Crippen LogP contribution in [0.4, 0.5) is 5.13 Å². The molecule has 2 aromatic rings. The molecule has 0 aliphatic rings. The lowest BCUT2D eigenvalue weighted by atomic mass is 9.95. The number of rotatable bonds is 4. The van der Waals surface area contributed by atoms with Gasteiger partial charge in [-0.1, -0.05) is 30.3 Å². The number of carboxylic acid groups (broad SMARTS) is 1. The van der Waals surface area contributed by atoms with Gasteiger partial charge in [-0.25, -0.2) is 9.78 Å². The quantitative estimate of drug-likeness (QED) is 0.888. The van der Waals surface area contributed by atoms with Crippen molar-refractivity contribution in [3.05, 3.63) is 47.0 Å². The average Bonchev–Trinajstić information content (AvgIpc) is 2.78. The summed E-state index contributed by atoms with van der Waals surface area (Å²) in [7, 11) is 0. The number of hydrogen-bond acceptors (Lipinski definition) is 4. The van der Waals surface area contributed by atoms with Crippen molar-refractivity contribution in [2.24, 2.45) is 0 Å². The minimum Gasteiger partial charge on any atom is -0.476 e. The highest BCUT2D eigenvalue weighted by atomic mass is 32.1. The predicted molar refractivity (Wildman–Crippen MR) is 72.2 cm³/mol. The molecule has 0 amide bonds. The van der Waals surface area contributed by atoms with Gasteiger partial charge in [-0.15, -0.1) is 11.3 Å². The van der Waals surface area contributed by atoms with E-state index in [0.717, 1.165) is 5.56 Å². The number of aromatic carboxylic acids is 1. The van der Waals surface area contributed by atoms with E-state index in [9.17, 15) is 4.79 Å². The molecule has 0 aliphatic carbocycles. The van der Waals surface area contributed by atoms with Crippen molar-refractivity contribution in [2.45, 2.75) is 19.4 Å². The van der Waals surface area contributed by atoms with Gasteiger partial charge in [-0.05, 0) is 19.4 Å². The van der Waals surface area contributed by atoms with Gasteiger partial charge in [-0.3, -0.25) is 0 Å². The second-order valence-electron chi connectivity index (χ2n) is 4.46. The summed E-state index contributed by atoms with van der Waals surface area (Å²) in [6, 6.07) is 9.97. The molecule has 5 heteroatoms. The van der Waals surface area contributed by atoms with Crippen LogP contribution in [-0.2, 0) is 5.54 Å². The minimum atomic E-state index is -1.00. The molecule has 0 unspecified atom stereocenters. The number of anilines is 1. The summed E-state index contributed by atoms with van der Waals surface area (Å²) in [5.41, 5.74) is 0.901. The van der Waals surface area contributed by atoms with Gasteiger partial charge in [0.05, 0.1) is 5.54 Å². The summed E-state index contributed by atoms with van der Waals surface area (Å²) < 4.78 is 0. The Morgan fingerprint density at radius 3 is 2.56 bits per heavy atom. The molecule has 0 saturated heterocycles. The number of nitrogens with zero attached hydrogens (tertiary/aromatic N) is 1. The SMILES string of the molecule is CC(C)(Nc1nc(C(=O)O)cs1)c1ccccc1. The molecule has 0 radical (unpaired) electrons. The predicted octanol–water partition coefficient (Wildman–Crippen LogP) is 3.19. The van der Waals surface area contributed by atoms with Crippen molar-refractivity contribution in [1.82, 2.24) is 4.98 Å². The van der Waals surface area contributed by atoms with Crippen molar-refractivity contribution in [1.29, 1.82) is 0 Å². The Labute approximate surface area is 109 Å². The molecule has 1 aromatic heterocycles. The number of aromatic nitrogens is 1. The van der Waals surface area contributed by atoms with E-state index in [-0.39, 0.29) is 11.2 Å². The molecule has 2 rings (SSSR count). The maximum Gasteiger partial charge on any atom is 0.355 e. The van der Waals surface area contributed by atoms with E-state index in [1.54, 1.807) is 0 Å². The lowest BCUT2D eigenvalue weighted by Gasteiger charge is -2.26. The van der Waals surface area contributed by atoms with E-state index < -0.39 is 5.97 Å². The molecule has 0 saturated carbocycles. The Morgan fingerprint density at radius 2 is 2.00 bits per heavy atom. The summed E-state index contributed by atoms with van der Waals surface area (Å²) in [6.07, 6.45) is 0. The summed E-state index contributed by atoms with van der Waals surface area (Å²) in [4.78, 5) is 14.8. The summed E-state index contributed by atoms with van der Waals surface area (Å²) in [5.74, 6) is -1.00. The average molecular weight is 262 g/mol. The van der Waals surface area contributed by atoms with Gasteiger partial charge in [0, 0.05) is 5.38 Å². The summed E-state index contributed by atoms with van der Waals surface area (Å²) >= 11 is 1.30. The van der Waals surface area contributed by atoms with Crippen LogP contribution in [0.5, 0.6) is 0 Å². The Bertz CT molecular complexity index is 549. The third-order valence-corrected chi connectivity index (χ3v) is 3.40. The number of carbonyl (C=O) groups is 1. The zero-order chi connectivity index (χ0) is 13.2. The number of nitrogens with one attached hydrogen (secondary N) is 1. The Morgan fingerprint density at radius 1 is 1.33 bits per heavy atom. The lowest BCUT2D eigenvalue weighted by Crippen LogP contribution is -2.27. The first-order valence-electron chi connectivity index (χ1n) is 5.51. The standard InChI is InChI=1S/C13H14N2O2S/c1-13(2,9-6-4-3-5-7-9)15-12-14-10(8-18-12)11(16)17/h3-8H,1-2H3,(H,14,15)(H,16,17). The molecule has 1 heterocycles. The van der Waals surface area contributed by atoms with Crippen LogP contribution < -0.4 is 5.32 Å². The topological polar surface area (TPSA) is 62.2 Å². The molecule has 18 heavy (non-hydrogen) atoms. The molecular formula is C13H14N2O2S. The zero-order valence-electron chi connectivity index (χ0n) is 10.2. The number of carboxylic acids is 1. The van der Waals surface area contributed by atoms with Crippen LogP contribution in [-0.4, -0.2) is 16.1 Å². The van der Waals surface area contributed by atoms with Gasteiger partial charge in [0.15, 0.2) is 10.8 Å². The van der Waals surface area contributed by atoms with Crippen molar-refractivity contribution < 1.29 is 9.90 Å². The Balaban J connectivity index is 2.19. The maximum absolute atomic E-state index is 10.8. The van der Waals surface area contributed by atoms with Gasteiger partial charge in [0.2, 0.25) is 0 Å². The van der Waals surface area contributed by atoms with E-state index in [2.05, 4.69) is 10.3 Å². The van der Waals surface area contributed by atoms with E-state index in [4.69, 9.17) is 5.11 Å². The van der Waals surface area contributed by atoms with Crippen molar-refractivity contribution in [2.75, 3.05) is 5.32 Å². The largest absolute Gasteiger partial charge is 0.476 e. The minimum absolute atomic E-state index is 0.0753. The van der Waals surface area contributed by atoms with Crippen LogP contribution in [0.15, 0.2) is 35.7 Å². The smallest absolute Gasteiger partial charge is 0.355 e. The van der Waals surface area contributed by atoms with Gasteiger partial charge in [-0.2, -0.15) is 0 Å². The zero-order valence-corrected chi connectivity index (χ0v) is 11.0. The van der Waals surface area contributed by atoms with Gasteiger partial charge in [0.1, 0.15) is 0 Å². The highest BCUT2D eigenvalue weighted by molar-refractivity contribution is 7.13. The second kappa shape index (κ2) is 4.78. The van der Waals surface area contributed by atoms with Crippen molar-refractivity contribution >= 4 is 22.4 Å². The van der Waals surface area contributed by atoms with E-state index in [0.29, 0.717) is 5.13 Å². The fraction of sp³-hybridized carbons (Fsp3) is 0.231. The Kier molecular flexibility index (Phi) is 3.34. The molecule has 0 aliphatic heterocycles. The molecular weight excluding hydrogens is 248 g/mol. The van der Waals surface area contributed by atoms with Crippen LogP contribution in [0, 0.1) is 0 Å². The van der Waals surface area contributed by atoms with Crippen LogP contribution in [0.2, 0.25) is 0 Å². The molecule has 0 bridgehead atoms. The van der Waals surface area contributed by atoms with Crippen molar-refractivity contribution in [3.8, 4) is 0 Å². The van der Waals surface area contributed by atoms with Gasteiger partial charge < -0.3 is 10.4 Å². The number of hydrogen-bond donors (Lipinski definition) is 2. The third kappa shape index (κ3) is 2.68. The molecule has 4 nitrogen and oxygen atoms in total. The lowest BCUT2D eigenvalue weighted by molar-refractivity contribution is 0.0691. The monoisotopic (exact) mass is 262 g/mol.